The Bertz CT molecular complexity index is 591. The number of carbonyl (C=O) groups is 1. The number of nitrogens with zero attached hydrogens (tertiary/aromatic N) is 3. The van der Waals surface area contributed by atoms with Crippen LogP contribution in [0.4, 0.5) is 4.39 Å². The highest BCUT2D eigenvalue weighted by atomic mass is 19.1. The van der Waals surface area contributed by atoms with Crippen LogP contribution in [-0.4, -0.2) is 45.3 Å². The minimum atomic E-state index is -1.56. The number of ether oxygens (including phenoxy) is 1. The number of halogens is 1. The van der Waals surface area contributed by atoms with E-state index in [1.165, 1.54) is 0 Å². The van der Waals surface area contributed by atoms with Crippen molar-refractivity contribution in [3.8, 4) is 0 Å². The molecule has 1 atom stereocenters. The number of amides is 1. The van der Waals surface area contributed by atoms with Crippen molar-refractivity contribution in [2.75, 3.05) is 13.1 Å². The number of carbonyl (C=O) groups excluding carboxylic acids is 1. The van der Waals surface area contributed by atoms with Gasteiger partial charge < -0.3 is 14.2 Å². The molecule has 1 spiro atoms. The van der Waals surface area contributed by atoms with Crippen LogP contribution in [0.2, 0.25) is 0 Å². The topological polar surface area (TPSA) is 68.5 Å². The van der Waals surface area contributed by atoms with Crippen molar-refractivity contribution in [3.63, 3.8) is 0 Å². The molecule has 120 valence electrons. The quantitative estimate of drug-likeness (QED) is 0.837. The van der Waals surface area contributed by atoms with Gasteiger partial charge in [0.15, 0.2) is 11.5 Å². The molecule has 1 amide bonds. The van der Waals surface area contributed by atoms with E-state index in [2.05, 4.69) is 10.1 Å². The smallest absolute Gasteiger partial charge is 0.260 e. The fourth-order valence-corrected chi connectivity index (χ4v) is 3.52. The molecule has 1 saturated carbocycles. The summed E-state index contributed by atoms with van der Waals surface area (Å²) in [6, 6.07) is 0. The van der Waals surface area contributed by atoms with Crippen molar-refractivity contribution in [3.05, 3.63) is 11.7 Å². The third-order valence-electron chi connectivity index (χ3n) is 5.11. The Morgan fingerprint density at radius 1 is 1.27 bits per heavy atom. The minimum absolute atomic E-state index is 0.153. The van der Waals surface area contributed by atoms with Crippen LogP contribution >= 0.6 is 0 Å². The number of rotatable bonds is 2. The van der Waals surface area contributed by atoms with Crippen LogP contribution in [0.1, 0.15) is 56.3 Å². The SMILES string of the molecule is Cc1noc([C@@H]2CCC3(CCN(C(=O)C4(F)CC4)CC3)O2)n1. The van der Waals surface area contributed by atoms with Gasteiger partial charge in [0.05, 0.1) is 5.60 Å². The first-order valence-electron chi connectivity index (χ1n) is 7.96. The van der Waals surface area contributed by atoms with Gasteiger partial charge >= 0.3 is 0 Å². The molecule has 3 heterocycles. The van der Waals surface area contributed by atoms with E-state index in [0.717, 1.165) is 25.7 Å². The number of hydrogen-bond acceptors (Lipinski definition) is 5. The average molecular weight is 309 g/mol. The summed E-state index contributed by atoms with van der Waals surface area (Å²) >= 11 is 0. The standard InChI is InChI=1S/C15H20FN3O3/c1-10-17-12(22-18-10)11-2-3-14(21-11)6-8-19(9-7-14)13(20)15(16)4-5-15/h11H,2-9H2,1H3/t11-/m0/s1. The molecule has 2 aliphatic heterocycles. The van der Waals surface area contributed by atoms with Gasteiger partial charge in [0.25, 0.3) is 11.8 Å². The molecule has 1 aromatic rings. The van der Waals surface area contributed by atoms with E-state index in [9.17, 15) is 9.18 Å². The summed E-state index contributed by atoms with van der Waals surface area (Å²) in [5.74, 6) is 0.815. The Hall–Kier alpha value is -1.50. The summed E-state index contributed by atoms with van der Waals surface area (Å²) < 4.78 is 25.3. The number of aromatic nitrogens is 2. The molecule has 3 aliphatic rings. The summed E-state index contributed by atoms with van der Waals surface area (Å²) in [5.41, 5.74) is -1.79. The molecule has 0 aromatic carbocycles. The summed E-state index contributed by atoms with van der Waals surface area (Å²) in [5, 5.41) is 3.80. The van der Waals surface area contributed by atoms with Gasteiger partial charge in [0.2, 0.25) is 0 Å². The first-order chi connectivity index (χ1) is 10.5. The van der Waals surface area contributed by atoms with Crippen molar-refractivity contribution in [2.24, 2.45) is 0 Å². The molecule has 3 fully saturated rings. The van der Waals surface area contributed by atoms with Crippen LogP contribution in [0.15, 0.2) is 4.52 Å². The largest absolute Gasteiger partial charge is 0.362 e. The zero-order chi connectivity index (χ0) is 15.4. The van der Waals surface area contributed by atoms with E-state index in [1.54, 1.807) is 11.8 Å². The van der Waals surface area contributed by atoms with Crippen LogP contribution < -0.4 is 0 Å². The Balaban J connectivity index is 1.38. The van der Waals surface area contributed by atoms with Gasteiger partial charge in [-0.2, -0.15) is 4.98 Å². The van der Waals surface area contributed by atoms with Crippen molar-refractivity contribution in [2.45, 2.75) is 62.8 Å². The first-order valence-corrected chi connectivity index (χ1v) is 7.96. The zero-order valence-electron chi connectivity index (χ0n) is 12.7. The Labute approximate surface area is 128 Å². The fourth-order valence-electron chi connectivity index (χ4n) is 3.52. The van der Waals surface area contributed by atoms with Gasteiger partial charge in [-0.15, -0.1) is 0 Å². The highest BCUT2D eigenvalue weighted by Crippen LogP contribution is 2.46. The molecule has 2 saturated heterocycles. The van der Waals surface area contributed by atoms with Gasteiger partial charge in [-0.3, -0.25) is 4.79 Å². The molecule has 1 aromatic heterocycles. The summed E-state index contributed by atoms with van der Waals surface area (Å²) in [6.45, 7) is 2.92. The lowest BCUT2D eigenvalue weighted by atomic mass is 9.88. The van der Waals surface area contributed by atoms with E-state index in [0.29, 0.717) is 37.6 Å². The average Bonchev–Trinajstić information content (AvgIpc) is 2.94. The summed E-state index contributed by atoms with van der Waals surface area (Å²) in [7, 11) is 0. The Kier molecular flexibility index (Phi) is 3.04. The predicted molar refractivity (Wildman–Crippen MR) is 73.7 cm³/mol. The van der Waals surface area contributed by atoms with Crippen molar-refractivity contribution >= 4 is 5.91 Å². The molecule has 0 unspecified atom stereocenters. The van der Waals surface area contributed by atoms with Crippen LogP contribution in [-0.2, 0) is 9.53 Å². The molecule has 6 nitrogen and oxygen atoms in total. The number of alkyl halides is 1. The monoisotopic (exact) mass is 309 g/mol. The highest BCUT2D eigenvalue weighted by molar-refractivity contribution is 5.88. The highest BCUT2D eigenvalue weighted by Gasteiger charge is 2.54. The lowest BCUT2D eigenvalue weighted by molar-refractivity contribution is -0.145. The maximum atomic E-state index is 13.9. The maximum Gasteiger partial charge on any atom is 0.260 e. The molecular weight excluding hydrogens is 289 g/mol. The van der Waals surface area contributed by atoms with Crippen LogP contribution in [0.3, 0.4) is 0 Å². The predicted octanol–water partition coefficient (Wildman–Crippen LogP) is 2.09. The van der Waals surface area contributed by atoms with Crippen molar-refractivity contribution in [1.82, 2.24) is 15.0 Å². The molecule has 1 aliphatic carbocycles. The summed E-state index contributed by atoms with van der Waals surface area (Å²) in [4.78, 5) is 17.9. The Morgan fingerprint density at radius 2 is 2.00 bits per heavy atom. The third-order valence-corrected chi connectivity index (χ3v) is 5.11. The van der Waals surface area contributed by atoms with Gasteiger partial charge in [-0.1, -0.05) is 5.16 Å². The third kappa shape index (κ3) is 2.31. The number of aryl methyl sites for hydroxylation is 1. The second-order valence-corrected chi connectivity index (χ2v) is 6.77. The van der Waals surface area contributed by atoms with Gasteiger partial charge in [0, 0.05) is 13.1 Å². The van der Waals surface area contributed by atoms with Crippen LogP contribution in [0, 0.1) is 6.92 Å². The van der Waals surface area contributed by atoms with E-state index >= 15 is 0 Å². The lowest BCUT2D eigenvalue weighted by Gasteiger charge is -2.39. The lowest BCUT2D eigenvalue weighted by Crippen LogP contribution is -2.49. The molecule has 0 N–H and O–H groups in total. The second-order valence-electron chi connectivity index (χ2n) is 6.77. The summed E-state index contributed by atoms with van der Waals surface area (Å²) in [6.07, 6.45) is 3.87. The minimum Gasteiger partial charge on any atom is -0.362 e. The molecule has 7 heteroatoms. The number of piperidine rings is 1. The van der Waals surface area contributed by atoms with Gasteiger partial charge in [-0.05, 0) is 45.4 Å². The van der Waals surface area contributed by atoms with Crippen molar-refractivity contribution < 1.29 is 18.4 Å². The molecule has 22 heavy (non-hydrogen) atoms. The van der Waals surface area contributed by atoms with Crippen LogP contribution in [0.5, 0.6) is 0 Å². The fraction of sp³-hybridized carbons (Fsp3) is 0.800. The zero-order valence-corrected chi connectivity index (χ0v) is 12.7. The molecule has 0 radical (unpaired) electrons. The molecular formula is C15H20FN3O3. The van der Waals surface area contributed by atoms with E-state index in [-0.39, 0.29) is 17.6 Å². The number of hydrogen-bond donors (Lipinski definition) is 0. The number of likely N-dealkylation sites (tertiary alicyclic amines) is 1. The Morgan fingerprint density at radius 3 is 2.59 bits per heavy atom. The van der Waals surface area contributed by atoms with Crippen molar-refractivity contribution in [1.29, 1.82) is 0 Å². The molecule has 0 bridgehead atoms. The van der Waals surface area contributed by atoms with E-state index in [1.807, 2.05) is 0 Å². The van der Waals surface area contributed by atoms with E-state index < -0.39 is 5.67 Å². The first kappa shape index (κ1) is 14.1. The molecule has 4 rings (SSSR count). The van der Waals surface area contributed by atoms with Gasteiger partial charge in [0.1, 0.15) is 6.10 Å². The van der Waals surface area contributed by atoms with E-state index in [4.69, 9.17) is 9.26 Å². The second kappa shape index (κ2) is 4.75. The van der Waals surface area contributed by atoms with Crippen LogP contribution in [0.25, 0.3) is 0 Å². The van der Waals surface area contributed by atoms with Gasteiger partial charge in [-0.25, -0.2) is 4.39 Å². The maximum absolute atomic E-state index is 13.9. The normalized spacial score (nSPS) is 29.0.